The van der Waals surface area contributed by atoms with E-state index in [4.69, 9.17) is 9.47 Å². The Kier molecular flexibility index (Phi) is 8.01. The number of hydrogen-bond donors (Lipinski definition) is 2. The van der Waals surface area contributed by atoms with Crippen LogP contribution in [0.2, 0.25) is 0 Å². The van der Waals surface area contributed by atoms with Gasteiger partial charge < -0.3 is 20.1 Å². The van der Waals surface area contributed by atoms with Crippen LogP contribution in [0, 0.1) is 0 Å². The lowest BCUT2D eigenvalue weighted by Crippen LogP contribution is -2.25. The van der Waals surface area contributed by atoms with Crippen molar-refractivity contribution in [2.45, 2.75) is 9.79 Å². The minimum atomic E-state index is -1.32. The van der Waals surface area contributed by atoms with Crippen LogP contribution in [0.4, 0.5) is 28.8 Å². The molecule has 0 saturated heterocycles. The molecular weight excluding hydrogens is 486 g/mol. The Morgan fingerprint density at radius 1 is 1.23 bits per heavy atom. The number of ether oxygens (including phenoxy) is 2. The van der Waals surface area contributed by atoms with Crippen LogP contribution in [0.15, 0.2) is 71.1 Å². The lowest BCUT2D eigenvalue weighted by Gasteiger charge is -2.16. The largest absolute Gasteiger partial charge is 0.491 e. The average molecular weight is 512 g/mol. The molecule has 4 rings (SSSR count). The van der Waals surface area contributed by atoms with Crippen molar-refractivity contribution in [1.29, 1.82) is 0 Å². The molecule has 2 heterocycles. The molecule has 0 saturated carbocycles. The zero-order valence-corrected chi connectivity index (χ0v) is 20.9. The molecule has 1 aliphatic heterocycles. The van der Waals surface area contributed by atoms with Crippen molar-refractivity contribution in [1.82, 2.24) is 9.97 Å². The van der Waals surface area contributed by atoms with Crippen LogP contribution < -0.4 is 20.3 Å². The number of nitrogens with zero attached hydrogens (tertiary/aromatic N) is 3. The van der Waals surface area contributed by atoms with E-state index in [2.05, 4.69) is 27.2 Å². The van der Waals surface area contributed by atoms with Crippen LogP contribution >= 0.6 is 11.8 Å². The molecular formula is C24H25N5O4S2. The fourth-order valence-electron chi connectivity index (χ4n) is 3.34. The Morgan fingerprint density at radius 2 is 2.03 bits per heavy atom. The lowest BCUT2D eigenvalue weighted by atomic mass is 10.2. The SMILES string of the molecule is C=CC(=O)N1CSc2c(Nc3nc(Nc4ccc(OCCOC)cc4)ncc3S(C)=O)cccc21. The van der Waals surface area contributed by atoms with E-state index in [-0.39, 0.29) is 5.91 Å². The molecule has 2 aromatic carbocycles. The molecule has 3 aromatic rings. The minimum Gasteiger partial charge on any atom is -0.491 e. The molecule has 1 atom stereocenters. The Hall–Kier alpha value is -3.41. The number of aromatic nitrogens is 2. The molecule has 1 aromatic heterocycles. The Morgan fingerprint density at radius 3 is 2.74 bits per heavy atom. The zero-order valence-electron chi connectivity index (χ0n) is 19.3. The summed E-state index contributed by atoms with van der Waals surface area (Å²) < 4.78 is 22.9. The second-order valence-corrected chi connectivity index (χ2v) is 9.68. The summed E-state index contributed by atoms with van der Waals surface area (Å²) in [4.78, 5) is 24.1. The fraction of sp³-hybridized carbons (Fsp3) is 0.208. The molecule has 0 aliphatic carbocycles. The summed E-state index contributed by atoms with van der Waals surface area (Å²) in [5.41, 5.74) is 2.33. The van der Waals surface area contributed by atoms with Gasteiger partial charge in [0, 0.05) is 19.1 Å². The van der Waals surface area contributed by atoms with E-state index in [0.717, 1.165) is 27.7 Å². The van der Waals surface area contributed by atoms with E-state index in [0.29, 0.717) is 35.8 Å². The van der Waals surface area contributed by atoms with Crippen LogP contribution in [-0.2, 0) is 20.3 Å². The van der Waals surface area contributed by atoms with Gasteiger partial charge in [-0.25, -0.2) is 4.98 Å². The van der Waals surface area contributed by atoms with E-state index >= 15 is 0 Å². The number of hydrogen-bond acceptors (Lipinski definition) is 9. The molecule has 1 unspecified atom stereocenters. The number of rotatable bonds is 10. The molecule has 9 nitrogen and oxygen atoms in total. The smallest absolute Gasteiger partial charge is 0.251 e. The van der Waals surface area contributed by atoms with Crippen LogP contribution in [0.3, 0.4) is 0 Å². The molecule has 2 N–H and O–H groups in total. The van der Waals surface area contributed by atoms with E-state index in [9.17, 15) is 9.00 Å². The summed E-state index contributed by atoms with van der Waals surface area (Å²) in [6.45, 7) is 4.56. The van der Waals surface area contributed by atoms with Gasteiger partial charge in [0.15, 0.2) is 5.82 Å². The van der Waals surface area contributed by atoms with Gasteiger partial charge in [0.1, 0.15) is 12.4 Å². The number of anilines is 5. The molecule has 1 aliphatic rings. The highest BCUT2D eigenvalue weighted by Gasteiger charge is 2.26. The topological polar surface area (TPSA) is 106 Å². The van der Waals surface area contributed by atoms with Crippen LogP contribution in [0.5, 0.6) is 5.75 Å². The fourth-order valence-corrected chi connectivity index (χ4v) is 5.04. The molecule has 1 amide bonds. The summed E-state index contributed by atoms with van der Waals surface area (Å²) in [5.74, 6) is 1.83. The van der Waals surface area contributed by atoms with E-state index in [1.807, 2.05) is 42.5 Å². The Balaban J connectivity index is 1.56. The maximum absolute atomic E-state index is 12.4. The molecule has 35 heavy (non-hydrogen) atoms. The number of carbonyl (C=O) groups excluding carboxylic acids is 1. The third-order valence-electron chi connectivity index (χ3n) is 5.05. The molecule has 11 heteroatoms. The first kappa shape index (κ1) is 24.7. The number of methoxy groups -OCH3 is 1. The predicted molar refractivity (Wildman–Crippen MR) is 140 cm³/mol. The number of fused-ring (bicyclic) bond motifs is 1. The number of thioether (sulfide) groups is 1. The van der Waals surface area contributed by atoms with Gasteiger partial charge >= 0.3 is 0 Å². The summed E-state index contributed by atoms with van der Waals surface area (Å²) >= 11 is 1.54. The standard InChI is InChI=1S/C24H25N5O4S2/c1-4-21(30)29-15-34-22-18(6-5-7-19(22)29)27-23-20(35(3)31)14-25-24(28-23)26-16-8-10-17(11-9-16)33-13-12-32-2/h4-11,14H,1,12-13,15H2,2-3H3,(H2,25,26,27,28). The number of benzene rings is 2. The van der Waals surface area contributed by atoms with E-state index in [1.54, 1.807) is 24.5 Å². The van der Waals surface area contributed by atoms with Crippen molar-refractivity contribution in [3.8, 4) is 5.75 Å². The van der Waals surface area contributed by atoms with Crippen molar-refractivity contribution in [2.75, 3.05) is 48.0 Å². The Labute approximate surface area is 210 Å². The normalized spacial score (nSPS) is 13.1. The van der Waals surface area contributed by atoms with Crippen molar-refractivity contribution in [3.63, 3.8) is 0 Å². The summed E-state index contributed by atoms with van der Waals surface area (Å²) in [7, 11) is 0.309. The van der Waals surface area contributed by atoms with E-state index < -0.39 is 10.8 Å². The van der Waals surface area contributed by atoms with Gasteiger partial charge in [-0.15, -0.1) is 0 Å². The third kappa shape index (κ3) is 5.81. The first-order valence-corrected chi connectivity index (χ1v) is 13.2. The summed E-state index contributed by atoms with van der Waals surface area (Å²) in [6.07, 6.45) is 4.42. The summed E-state index contributed by atoms with van der Waals surface area (Å²) in [6, 6.07) is 13.0. The van der Waals surface area contributed by atoms with Crippen molar-refractivity contribution in [3.05, 3.63) is 61.3 Å². The zero-order chi connectivity index (χ0) is 24.8. The maximum atomic E-state index is 12.4. The first-order chi connectivity index (χ1) is 17.0. The van der Waals surface area contributed by atoms with Gasteiger partial charge in [-0.05, 0) is 42.5 Å². The van der Waals surface area contributed by atoms with Crippen molar-refractivity contribution >= 4 is 57.3 Å². The van der Waals surface area contributed by atoms with Crippen molar-refractivity contribution < 1.29 is 18.5 Å². The van der Waals surface area contributed by atoms with Gasteiger partial charge in [-0.2, -0.15) is 4.98 Å². The Bertz CT molecular complexity index is 1250. The van der Waals surface area contributed by atoms with Crippen LogP contribution in [0.25, 0.3) is 0 Å². The molecule has 182 valence electrons. The van der Waals surface area contributed by atoms with Crippen LogP contribution in [-0.4, -0.2) is 52.5 Å². The molecule has 0 spiro atoms. The quantitative estimate of drug-likeness (QED) is 0.304. The number of carbonyl (C=O) groups is 1. The van der Waals surface area contributed by atoms with Crippen LogP contribution in [0.1, 0.15) is 0 Å². The number of amides is 1. The van der Waals surface area contributed by atoms with Gasteiger partial charge in [0.05, 0.1) is 50.6 Å². The number of nitrogens with one attached hydrogen (secondary N) is 2. The lowest BCUT2D eigenvalue weighted by molar-refractivity contribution is -0.113. The van der Waals surface area contributed by atoms with Crippen molar-refractivity contribution in [2.24, 2.45) is 0 Å². The van der Waals surface area contributed by atoms with Gasteiger partial charge in [0.25, 0.3) is 5.91 Å². The second-order valence-electron chi connectivity index (χ2n) is 7.37. The summed E-state index contributed by atoms with van der Waals surface area (Å²) in [5, 5.41) is 6.46. The maximum Gasteiger partial charge on any atom is 0.251 e. The van der Waals surface area contributed by atoms with Gasteiger partial charge in [-0.3, -0.25) is 13.9 Å². The van der Waals surface area contributed by atoms with Gasteiger partial charge in [0.2, 0.25) is 5.95 Å². The van der Waals surface area contributed by atoms with Gasteiger partial charge in [-0.1, -0.05) is 24.4 Å². The molecule has 0 bridgehead atoms. The monoisotopic (exact) mass is 511 g/mol. The molecule has 0 fully saturated rings. The first-order valence-electron chi connectivity index (χ1n) is 10.7. The highest BCUT2D eigenvalue weighted by Crippen LogP contribution is 2.44. The van der Waals surface area contributed by atoms with E-state index in [1.165, 1.54) is 17.8 Å². The highest BCUT2D eigenvalue weighted by atomic mass is 32.2. The minimum absolute atomic E-state index is 0.160. The average Bonchev–Trinajstić information content (AvgIpc) is 3.30. The predicted octanol–water partition coefficient (Wildman–Crippen LogP) is 4.31. The molecule has 0 radical (unpaired) electrons. The second kappa shape index (κ2) is 11.3. The third-order valence-corrected chi connectivity index (χ3v) is 7.07. The highest BCUT2D eigenvalue weighted by molar-refractivity contribution is 8.00.